The molecule has 0 bridgehead atoms. The van der Waals surface area contributed by atoms with Gasteiger partial charge in [-0.3, -0.25) is 0 Å². The molecule has 0 radical (unpaired) electrons. The number of likely N-dealkylation sites (tertiary alicyclic amines) is 1. The normalized spacial score (nSPS) is 19.9. The lowest BCUT2D eigenvalue weighted by Gasteiger charge is -2.47. The van der Waals surface area contributed by atoms with Crippen LogP contribution in [-0.4, -0.2) is 52.1 Å². The van der Waals surface area contributed by atoms with E-state index in [2.05, 4.69) is 15.3 Å². The molecule has 1 aromatic carbocycles. The van der Waals surface area contributed by atoms with Gasteiger partial charge in [-0.1, -0.05) is 0 Å². The fourth-order valence-electron chi connectivity index (χ4n) is 4.91. The van der Waals surface area contributed by atoms with Gasteiger partial charge in [0.2, 0.25) is 5.28 Å². The molecule has 0 unspecified atom stereocenters. The van der Waals surface area contributed by atoms with E-state index in [1.165, 1.54) is 6.07 Å². The quantitative estimate of drug-likeness (QED) is 0.468. The molecule has 12 heteroatoms. The maximum atomic E-state index is 13.2. The summed E-state index contributed by atoms with van der Waals surface area (Å²) in [5.74, 6) is 0.392. The van der Waals surface area contributed by atoms with Crippen LogP contribution in [0, 0.1) is 5.41 Å². The third-order valence-corrected chi connectivity index (χ3v) is 7.26. The Hall–Kier alpha value is -2.79. The molecule has 2 fully saturated rings. The van der Waals surface area contributed by atoms with Crippen molar-refractivity contribution < 1.29 is 22.7 Å². The van der Waals surface area contributed by atoms with E-state index in [9.17, 15) is 18.0 Å². The molecular weight excluding hydrogens is 485 g/mol. The fraction of sp³-hybridized carbons (Fsp3) is 0.522. The zero-order valence-electron chi connectivity index (χ0n) is 19.2. The molecule has 0 aliphatic carbocycles. The molecule has 2 amide bonds. The summed E-state index contributed by atoms with van der Waals surface area (Å²) in [6.07, 6.45) is -2.66. The van der Waals surface area contributed by atoms with Crippen molar-refractivity contribution in [3.05, 3.63) is 45.9 Å². The first kappa shape index (κ1) is 23.9. The predicted molar refractivity (Wildman–Crippen MR) is 124 cm³/mol. The molecular formula is C23H26ClF3N6O2. The van der Waals surface area contributed by atoms with Crippen molar-refractivity contribution in [1.82, 2.24) is 19.8 Å². The number of halogens is 4. The third kappa shape index (κ3) is 4.71. The van der Waals surface area contributed by atoms with Crippen LogP contribution in [-0.2, 0) is 24.0 Å². The summed E-state index contributed by atoms with van der Waals surface area (Å²) < 4.78 is 45.1. The lowest BCUT2D eigenvalue weighted by atomic mass is 9.77. The Balaban J connectivity index is 1.31. The van der Waals surface area contributed by atoms with Gasteiger partial charge in [0.1, 0.15) is 5.82 Å². The Kier molecular flexibility index (Phi) is 5.95. The van der Waals surface area contributed by atoms with Crippen LogP contribution in [0.5, 0.6) is 0 Å². The monoisotopic (exact) mass is 510 g/mol. The number of carbonyl (C=O) groups excluding carboxylic acids is 1. The number of ether oxygens (including phenoxy) is 1. The predicted octanol–water partition coefficient (Wildman–Crippen LogP) is 4.45. The number of carbonyl (C=O) groups is 1. The van der Waals surface area contributed by atoms with Crippen LogP contribution in [0.1, 0.15) is 48.2 Å². The van der Waals surface area contributed by atoms with Gasteiger partial charge in [0.15, 0.2) is 0 Å². The zero-order valence-corrected chi connectivity index (χ0v) is 19.9. The number of aromatic nitrogens is 2. The molecule has 1 atom stereocenters. The summed E-state index contributed by atoms with van der Waals surface area (Å²) in [7, 11) is 0. The van der Waals surface area contributed by atoms with Crippen molar-refractivity contribution in [1.29, 1.82) is 0 Å². The molecule has 188 valence electrons. The standard InChI is InChI=1S/C23H26ClF3N6O2/c1-13(14-6-15(23(25,26)27)8-16(28)7-14)29-19-17-9-33(10-18(17)30-20(24)31-19)21(34)32-4-2-22(3-5-32)11-35-12-22/h6-8,13H,2-5,9-12,28H2,1H3,(H,29,30,31)/t13-/m1/s1. The molecule has 1 aromatic heterocycles. The van der Waals surface area contributed by atoms with Crippen molar-refractivity contribution in [3.8, 4) is 0 Å². The average Bonchev–Trinajstić information content (AvgIpc) is 3.20. The number of fused-ring (bicyclic) bond motifs is 1. The van der Waals surface area contributed by atoms with E-state index in [1.54, 1.807) is 11.8 Å². The van der Waals surface area contributed by atoms with Crippen molar-refractivity contribution in [3.63, 3.8) is 0 Å². The van der Waals surface area contributed by atoms with E-state index in [0.717, 1.165) is 38.2 Å². The number of alkyl halides is 3. The van der Waals surface area contributed by atoms with E-state index >= 15 is 0 Å². The maximum absolute atomic E-state index is 13.2. The molecule has 3 aliphatic rings. The van der Waals surface area contributed by atoms with E-state index in [-0.39, 0.29) is 29.0 Å². The van der Waals surface area contributed by atoms with Gasteiger partial charge in [0.25, 0.3) is 0 Å². The largest absolute Gasteiger partial charge is 0.416 e. The van der Waals surface area contributed by atoms with Crippen LogP contribution in [0.3, 0.4) is 0 Å². The number of nitrogens with two attached hydrogens (primary N) is 1. The molecule has 8 nitrogen and oxygen atoms in total. The van der Waals surface area contributed by atoms with Gasteiger partial charge in [-0.25, -0.2) is 14.8 Å². The summed E-state index contributed by atoms with van der Waals surface area (Å²) >= 11 is 6.14. The summed E-state index contributed by atoms with van der Waals surface area (Å²) in [6.45, 7) is 5.19. The molecule has 5 rings (SSSR count). The number of piperidine rings is 1. The molecule has 35 heavy (non-hydrogen) atoms. The van der Waals surface area contributed by atoms with Crippen molar-refractivity contribution >= 4 is 29.1 Å². The maximum Gasteiger partial charge on any atom is 0.416 e. The summed E-state index contributed by atoms with van der Waals surface area (Å²) in [6, 6.07) is 2.83. The minimum Gasteiger partial charge on any atom is -0.399 e. The zero-order chi connectivity index (χ0) is 25.0. The number of benzene rings is 1. The SMILES string of the molecule is C[C@@H](Nc1nc(Cl)nc2c1CN(C(=O)N1CCC3(CC1)COC3)C2)c1cc(N)cc(C(F)(F)F)c1. The number of hydrogen-bond donors (Lipinski definition) is 2. The van der Waals surface area contributed by atoms with Crippen LogP contribution < -0.4 is 11.1 Å². The fourth-order valence-corrected chi connectivity index (χ4v) is 5.10. The van der Waals surface area contributed by atoms with Gasteiger partial charge >= 0.3 is 12.2 Å². The van der Waals surface area contributed by atoms with E-state index < -0.39 is 17.8 Å². The Morgan fingerprint density at radius 3 is 2.51 bits per heavy atom. The van der Waals surface area contributed by atoms with Crippen molar-refractivity contribution in [2.45, 2.75) is 45.1 Å². The second-order valence-electron chi connectivity index (χ2n) is 9.64. The van der Waals surface area contributed by atoms with Crippen LogP contribution in [0.4, 0.5) is 29.5 Å². The summed E-state index contributed by atoms with van der Waals surface area (Å²) in [5.41, 5.74) is 6.83. The van der Waals surface area contributed by atoms with E-state index in [1.807, 2.05) is 4.90 Å². The highest BCUT2D eigenvalue weighted by atomic mass is 35.5. The Bertz CT molecular complexity index is 1150. The van der Waals surface area contributed by atoms with E-state index in [0.29, 0.717) is 42.3 Å². The first-order chi connectivity index (χ1) is 16.5. The van der Waals surface area contributed by atoms with Crippen LogP contribution in [0.15, 0.2) is 18.2 Å². The molecule has 0 saturated carbocycles. The Labute approximate surface area is 205 Å². The first-order valence-corrected chi connectivity index (χ1v) is 11.8. The van der Waals surface area contributed by atoms with Gasteiger partial charge in [-0.2, -0.15) is 13.2 Å². The van der Waals surface area contributed by atoms with Gasteiger partial charge in [0.05, 0.1) is 43.6 Å². The van der Waals surface area contributed by atoms with Crippen LogP contribution in [0.2, 0.25) is 5.28 Å². The highest BCUT2D eigenvalue weighted by molar-refractivity contribution is 6.28. The number of nitrogen functional groups attached to an aromatic ring is 1. The van der Waals surface area contributed by atoms with Gasteiger partial charge in [0, 0.05) is 29.8 Å². The summed E-state index contributed by atoms with van der Waals surface area (Å²) in [4.78, 5) is 25.3. The number of rotatable bonds is 3. The molecule has 3 aliphatic heterocycles. The second-order valence-corrected chi connectivity index (χ2v) is 9.98. The van der Waals surface area contributed by atoms with Gasteiger partial charge in [-0.05, 0) is 55.1 Å². The van der Waals surface area contributed by atoms with Crippen molar-refractivity contribution in [2.24, 2.45) is 5.41 Å². The number of hydrogen-bond acceptors (Lipinski definition) is 6. The second kappa shape index (κ2) is 8.70. The average molecular weight is 511 g/mol. The number of anilines is 2. The molecule has 1 spiro atoms. The molecule has 4 heterocycles. The highest BCUT2D eigenvalue weighted by Crippen LogP contribution is 2.39. The third-order valence-electron chi connectivity index (χ3n) is 7.09. The molecule has 2 saturated heterocycles. The highest BCUT2D eigenvalue weighted by Gasteiger charge is 2.43. The van der Waals surface area contributed by atoms with Crippen molar-refractivity contribution in [2.75, 3.05) is 37.4 Å². The number of nitrogens with zero attached hydrogens (tertiary/aromatic N) is 4. The minimum atomic E-state index is -4.51. The van der Waals surface area contributed by atoms with E-state index in [4.69, 9.17) is 22.1 Å². The van der Waals surface area contributed by atoms with Gasteiger partial charge in [-0.15, -0.1) is 0 Å². The number of nitrogens with one attached hydrogen (secondary N) is 1. The first-order valence-electron chi connectivity index (χ1n) is 11.4. The smallest absolute Gasteiger partial charge is 0.399 e. The number of amides is 2. The Morgan fingerprint density at radius 2 is 1.89 bits per heavy atom. The molecule has 2 aromatic rings. The van der Waals surface area contributed by atoms with Crippen LogP contribution >= 0.6 is 11.6 Å². The molecule has 3 N–H and O–H groups in total. The summed E-state index contributed by atoms with van der Waals surface area (Å²) in [5, 5.41) is 3.15. The Morgan fingerprint density at radius 1 is 1.17 bits per heavy atom. The van der Waals surface area contributed by atoms with Gasteiger partial charge < -0.3 is 25.6 Å². The topological polar surface area (TPSA) is 96.6 Å². The lowest BCUT2D eigenvalue weighted by molar-refractivity contribution is -0.137. The number of urea groups is 1. The van der Waals surface area contributed by atoms with Crippen LogP contribution in [0.25, 0.3) is 0 Å². The lowest BCUT2D eigenvalue weighted by Crippen LogP contribution is -2.53. The minimum absolute atomic E-state index is 0.00111.